The molecule has 0 aliphatic rings. The molecule has 0 spiro atoms. The van der Waals surface area contributed by atoms with E-state index in [1.54, 1.807) is 7.05 Å². The van der Waals surface area contributed by atoms with Crippen molar-refractivity contribution >= 4 is 23.4 Å². The van der Waals surface area contributed by atoms with Crippen molar-refractivity contribution in [2.75, 3.05) is 5.32 Å². The maximum Gasteiger partial charge on any atom is 0.433 e. The first-order valence-electron chi connectivity index (χ1n) is 9.82. The number of amides is 1. The number of aryl methyl sites for hydroxylation is 1. The van der Waals surface area contributed by atoms with Gasteiger partial charge in [-0.1, -0.05) is 6.07 Å². The number of aliphatic imine (C=N–C) groups is 1. The number of aromatic nitrogens is 5. The molecule has 0 radical (unpaired) electrons. The van der Waals surface area contributed by atoms with Gasteiger partial charge in [-0.3, -0.25) is 9.79 Å². The van der Waals surface area contributed by atoms with Crippen LogP contribution in [0.3, 0.4) is 0 Å². The lowest BCUT2D eigenvalue weighted by atomic mass is 10.00. The third-order valence-electron chi connectivity index (χ3n) is 4.57. The number of halogens is 4. The first-order chi connectivity index (χ1) is 16.6. The van der Waals surface area contributed by atoms with Gasteiger partial charge in [0.1, 0.15) is 18.1 Å². The molecule has 2 aromatic heterocycles. The maximum absolute atomic E-state index is 14.9. The van der Waals surface area contributed by atoms with Crippen LogP contribution >= 0.6 is 0 Å². The number of nitriles is 1. The maximum atomic E-state index is 14.9. The highest BCUT2D eigenvalue weighted by Gasteiger charge is 2.32. The van der Waals surface area contributed by atoms with Gasteiger partial charge in [0.05, 0.1) is 23.7 Å². The van der Waals surface area contributed by atoms with Gasteiger partial charge >= 0.3 is 6.18 Å². The number of allylic oxidation sites excluding steroid dienone is 1. The van der Waals surface area contributed by atoms with E-state index >= 15 is 0 Å². The first-order valence-corrected chi connectivity index (χ1v) is 9.82. The van der Waals surface area contributed by atoms with Crippen LogP contribution in [-0.4, -0.2) is 37.3 Å². The fourth-order valence-corrected chi connectivity index (χ4v) is 2.96. The fraction of sp³-hybridized carbons (Fsp3) is 0.190. The van der Waals surface area contributed by atoms with E-state index in [-0.39, 0.29) is 34.6 Å². The second kappa shape index (κ2) is 10.5. The van der Waals surface area contributed by atoms with Crippen LogP contribution < -0.4 is 11.1 Å². The third-order valence-corrected chi connectivity index (χ3v) is 4.57. The van der Waals surface area contributed by atoms with Crippen molar-refractivity contribution in [1.29, 1.82) is 5.26 Å². The topological polar surface area (TPSA) is 148 Å². The van der Waals surface area contributed by atoms with E-state index in [1.807, 2.05) is 6.07 Å². The Bertz CT molecular complexity index is 1340. The van der Waals surface area contributed by atoms with Gasteiger partial charge in [0.2, 0.25) is 5.91 Å². The molecule has 14 heteroatoms. The Balaban J connectivity index is 1.77. The van der Waals surface area contributed by atoms with Crippen molar-refractivity contribution in [2.24, 2.45) is 17.8 Å². The van der Waals surface area contributed by atoms with Gasteiger partial charge in [-0.2, -0.15) is 18.4 Å². The highest BCUT2D eigenvalue weighted by atomic mass is 19.4. The second-order valence-electron chi connectivity index (χ2n) is 7.04. The van der Waals surface area contributed by atoms with Gasteiger partial charge in [-0.25, -0.2) is 14.1 Å². The quantitative estimate of drug-likeness (QED) is 0.384. The van der Waals surface area contributed by atoms with E-state index in [1.165, 1.54) is 23.0 Å². The number of pyridine rings is 1. The zero-order valence-corrected chi connectivity index (χ0v) is 18.1. The molecular formula is C21H17F4N9O. The Labute approximate surface area is 195 Å². The molecule has 0 unspecified atom stereocenters. The average molecular weight is 487 g/mol. The van der Waals surface area contributed by atoms with E-state index in [0.29, 0.717) is 5.82 Å². The van der Waals surface area contributed by atoms with Crippen LogP contribution in [0.4, 0.5) is 23.2 Å². The molecule has 0 saturated heterocycles. The number of nitrogens with two attached hydrogens (primary N) is 1. The molecular weight excluding hydrogens is 470 g/mol. The Hall–Kier alpha value is -4.67. The third kappa shape index (κ3) is 6.22. The summed E-state index contributed by atoms with van der Waals surface area (Å²) >= 11 is 0. The molecule has 35 heavy (non-hydrogen) atoms. The van der Waals surface area contributed by atoms with E-state index in [2.05, 4.69) is 30.8 Å². The van der Waals surface area contributed by atoms with E-state index in [0.717, 1.165) is 24.4 Å². The minimum absolute atomic E-state index is 0.0711. The number of benzene rings is 1. The highest BCUT2D eigenvalue weighted by Crippen LogP contribution is 2.28. The van der Waals surface area contributed by atoms with Crippen LogP contribution in [-0.2, 0) is 31.0 Å². The lowest BCUT2D eigenvalue weighted by Crippen LogP contribution is -2.17. The van der Waals surface area contributed by atoms with Crippen LogP contribution in [0.2, 0.25) is 0 Å². The molecule has 3 rings (SSSR count). The largest absolute Gasteiger partial charge is 0.433 e. The summed E-state index contributed by atoms with van der Waals surface area (Å²) in [5.74, 6) is -1.19. The smallest absolute Gasteiger partial charge is 0.404 e. The standard InChI is InChI=1S/C21H17F4N9O/c1-34-18(31-32-33-34)11-28-10-13(9-27)20-12(8-26)5-15(6-16(20)22)30-19(35)7-14-3-2-4-17(29-14)21(23,24)25/h2-6,9-10H,7,11,27H2,1H3,(H,30,35). The molecule has 0 fully saturated rings. The molecule has 10 nitrogen and oxygen atoms in total. The molecule has 1 aromatic carbocycles. The Morgan fingerprint density at radius 3 is 2.74 bits per heavy atom. The number of hydrogen-bond donors (Lipinski definition) is 2. The minimum Gasteiger partial charge on any atom is -0.404 e. The lowest BCUT2D eigenvalue weighted by molar-refractivity contribution is -0.141. The van der Waals surface area contributed by atoms with Gasteiger partial charge in [-0.05, 0) is 34.7 Å². The van der Waals surface area contributed by atoms with Crippen molar-refractivity contribution in [3.05, 3.63) is 70.7 Å². The van der Waals surface area contributed by atoms with Crippen molar-refractivity contribution < 1.29 is 22.4 Å². The zero-order chi connectivity index (χ0) is 25.6. The van der Waals surface area contributed by atoms with Crippen molar-refractivity contribution in [3.63, 3.8) is 0 Å². The van der Waals surface area contributed by atoms with Crippen LogP contribution in [0.1, 0.15) is 28.3 Å². The molecule has 0 aliphatic heterocycles. The summed E-state index contributed by atoms with van der Waals surface area (Å²) in [6, 6.07) is 7.16. The number of nitrogens with one attached hydrogen (secondary N) is 1. The van der Waals surface area contributed by atoms with Crippen molar-refractivity contribution in [1.82, 2.24) is 25.2 Å². The Morgan fingerprint density at radius 1 is 1.34 bits per heavy atom. The second-order valence-corrected chi connectivity index (χ2v) is 7.04. The highest BCUT2D eigenvalue weighted by molar-refractivity contribution is 6.10. The number of carbonyl (C=O) groups excluding carboxylic acids is 1. The molecule has 0 bridgehead atoms. The molecule has 2 heterocycles. The Morgan fingerprint density at radius 2 is 2.11 bits per heavy atom. The first kappa shape index (κ1) is 25.0. The van der Waals surface area contributed by atoms with Gasteiger partial charge in [0.15, 0.2) is 5.82 Å². The summed E-state index contributed by atoms with van der Waals surface area (Å²) in [7, 11) is 1.62. The number of carbonyl (C=O) groups is 1. The number of rotatable bonds is 7. The van der Waals surface area contributed by atoms with Gasteiger partial charge in [-0.15, -0.1) is 5.10 Å². The van der Waals surface area contributed by atoms with Crippen LogP contribution in [0.25, 0.3) is 5.57 Å². The summed E-state index contributed by atoms with van der Waals surface area (Å²) in [5.41, 5.74) is 4.07. The van der Waals surface area contributed by atoms with Gasteiger partial charge in [0, 0.05) is 36.3 Å². The Kier molecular flexibility index (Phi) is 7.49. The van der Waals surface area contributed by atoms with Crippen LogP contribution in [0.5, 0.6) is 0 Å². The van der Waals surface area contributed by atoms with Gasteiger partial charge in [0.25, 0.3) is 0 Å². The monoisotopic (exact) mass is 487 g/mol. The molecule has 3 aromatic rings. The SMILES string of the molecule is Cn1nnnc1CN=CC(=CN)c1c(F)cc(NC(=O)Cc2cccc(C(F)(F)F)n2)cc1C#N. The number of alkyl halides is 3. The predicted molar refractivity (Wildman–Crippen MR) is 116 cm³/mol. The molecule has 3 N–H and O–H groups in total. The van der Waals surface area contributed by atoms with Crippen LogP contribution in [0, 0.1) is 17.1 Å². The summed E-state index contributed by atoms with van der Waals surface area (Å²) in [6.45, 7) is 0.0715. The minimum atomic E-state index is -4.66. The predicted octanol–water partition coefficient (Wildman–Crippen LogP) is 2.39. The summed E-state index contributed by atoms with van der Waals surface area (Å²) in [6.07, 6.45) is -2.83. The summed E-state index contributed by atoms with van der Waals surface area (Å²) in [4.78, 5) is 19.8. The fourth-order valence-electron chi connectivity index (χ4n) is 2.96. The average Bonchev–Trinajstić information content (AvgIpc) is 3.21. The summed E-state index contributed by atoms with van der Waals surface area (Å²) < 4.78 is 54.8. The van der Waals surface area contributed by atoms with Crippen molar-refractivity contribution in [3.8, 4) is 6.07 Å². The number of nitrogens with zero attached hydrogens (tertiary/aromatic N) is 7. The van der Waals surface area contributed by atoms with Crippen molar-refractivity contribution in [2.45, 2.75) is 19.1 Å². The molecule has 0 aliphatic carbocycles. The lowest BCUT2D eigenvalue weighted by Gasteiger charge is -2.11. The number of tetrazole rings is 1. The zero-order valence-electron chi connectivity index (χ0n) is 18.1. The molecule has 1 amide bonds. The molecule has 0 saturated carbocycles. The summed E-state index contributed by atoms with van der Waals surface area (Å²) in [5, 5.41) is 22.8. The van der Waals surface area contributed by atoms with E-state index in [9.17, 15) is 27.6 Å². The van der Waals surface area contributed by atoms with E-state index in [4.69, 9.17) is 5.73 Å². The normalized spacial score (nSPS) is 12.1. The molecule has 180 valence electrons. The molecule has 0 atom stereocenters. The number of anilines is 1. The number of hydrogen-bond acceptors (Lipinski definition) is 8. The van der Waals surface area contributed by atoms with Crippen LogP contribution in [0.15, 0.2) is 41.5 Å². The van der Waals surface area contributed by atoms with Gasteiger partial charge < -0.3 is 11.1 Å². The van der Waals surface area contributed by atoms with E-state index < -0.39 is 30.0 Å².